The van der Waals surface area contributed by atoms with Gasteiger partial charge in [-0.2, -0.15) is 0 Å². The number of benzene rings is 1. The molecule has 1 aromatic carbocycles. The van der Waals surface area contributed by atoms with E-state index in [-0.39, 0.29) is 6.09 Å². The summed E-state index contributed by atoms with van der Waals surface area (Å²) in [5.41, 5.74) is 3.11. The zero-order valence-corrected chi connectivity index (χ0v) is 16.0. The molecule has 0 saturated carbocycles. The van der Waals surface area contributed by atoms with Crippen molar-refractivity contribution < 1.29 is 9.53 Å². The van der Waals surface area contributed by atoms with Crippen LogP contribution in [0.15, 0.2) is 60.2 Å². The Bertz CT molecular complexity index is 734. The van der Waals surface area contributed by atoms with E-state index in [1.165, 1.54) is 5.56 Å². The predicted molar refractivity (Wildman–Crippen MR) is 106 cm³/mol. The van der Waals surface area contributed by atoms with Gasteiger partial charge >= 0.3 is 6.09 Å². The first-order valence-electron chi connectivity index (χ1n) is 9.56. The van der Waals surface area contributed by atoms with Gasteiger partial charge in [-0.15, -0.1) is 0 Å². The lowest BCUT2D eigenvalue weighted by Gasteiger charge is -2.31. The molecule has 0 fully saturated rings. The molecular formula is C23H29NO2. The number of carbonyl (C=O) groups is 1. The molecule has 26 heavy (non-hydrogen) atoms. The number of rotatable bonds is 5. The highest BCUT2D eigenvalue weighted by Crippen LogP contribution is 2.36. The van der Waals surface area contributed by atoms with Crippen LogP contribution in [0.3, 0.4) is 0 Å². The number of carbonyl (C=O) groups excluding carboxylic acids is 1. The number of amides is 1. The largest absolute Gasteiger partial charge is 0.445 e. The zero-order chi connectivity index (χ0) is 18.6. The van der Waals surface area contributed by atoms with Crippen molar-refractivity contribution in [3.05, 3.63) is 71.3 Å². The normalized spacial score (nSPS) is 20.9. The van der Waals surface area contributed by atoms with E-state index in [1.54, 1.807) is 0 Å². The minimum Gasteiger partial charge on any atom is -0.445 e. The summed E-state index contributed by atoms with van der Waals surface area (Å²) in [7, 11) is 0. The summed E-state index contributed by atoms with van der Waals surface area (Å²) in [5.74, 6) is 1.02. The molecule has 0 radical (unpaired) electrons. The van der Waals surface area contributed by atoms with Crippen molar-refractivity contribution in [1.29, 1.82) is 0 Å². The molecule has 0 aliphatic heterocycles. The third-order valence-corrected chi connectivity index (χ3v) is 5.31. The fraction of sp³-hybridized carbons (Fsp3) is 0.435. The molecule has 2 aliphatic rings. The zero-order valence-electron chi connectivity index (χ0n) is 16.0. The first-order valence-corrected chi connectivity index (χ1v) is 9.56. The van der Waals surface area contributed by atoms with Gasteiger partial charge in [-0.25, -0.2) is 4.79 Å². The second-order valence-electron chi connectivity index (χ2n) is 7.79. The number of hydrogen-bond acceptors (Lipinski definition) is 2. The topological polar surface area (TPSA) is 38.3 Å². The molecule has 1 aromatic rings. The van der Waals surface area contributed by atoms with E-state index in [0.29, 0.717) is 18.4 Å². The maximum Gasteiger partial charge on any atom is 0.408 e. The number of ether oxygens (including phenoxy) is 1. The van der Waals surface area contributed by atoms with Gasteiger partial charge in [0.1, 0.15) is 6.61 Å². The van der Waals surface area contributed by atoms with Gasteiger partial charge in [0.15, 0.2) is 0 Å². The molecule has 138 valence electrons. The molecule has 0 saturated heterocycles. The average Bonchev–Trinajstić information content (AvgIpc) is 3.11. The quantitative estimate of drug-likeness (QED) is 0.701. The van der Waals surface area contributed by atoms with Crippen LogP contribution in [0.1, 0.15) is 57.1 Å². The molecule has 3 rings (SSSR count). The van der Waals surface area contributed by atoms with Gasteiger partial charge < -0.3 is 10.1 Å². The van der Waals surface area contributed by atoms with Crippen LogP contribution in [0.5, 0.6) is 0 Å². The second-order valence-corrected chi connectivity index (χ2v) is 7.79. The third-order valence-electron chi connectivity index (χ3n) is 5.31. The molecule has 0 spiro atoms. The van der Waals surface area contributed by atoms with E-state index in [4.69, 9.17) is 4.74 Å². The molecule has 1 N–H and O–H groups in total. The molecule has 0 bridgehead atoms. The fourth-order valence-corrected chi connectivity index (χ4v) is 3.52. The summed E-state index contributed by atoms with van der Waals surface area (Å²) in [5, 5.41) is 3.15. The fourth-order valence-electron chi connectivity index (χ4n) is 3.52. The first kappa shape index (κ1) is 18.5. The minimum atomic E-state index is -0.396. The van der Waals surface area contributed by atoms with Gasteiger partial charge in [-0.05, 0) is 47.8 Å². The van der Waals surface area contributed by atoms with E-state index < -0.39 is 5.54 Å². The van der Waals surface area contributed by atoms with Crippen LogP contribution in [-0.4, -0.2) is 12.7 Å². The highest BCUT2D eigenvalue weighted by molar-refractivity contribution is 5.69. The van der Waals surface area contributed by atoms with Gasteiger partial charge in [0.05, 0.1) is 5.54 Å². The van der Waals surface area contributed by atoms with Gasteiger partial charge in [0, 0.05) is 0 Å². The molecule has 0 heterocycles. The standard InChI is InChI=1S/C23H29NO2/c1-17(2)20-7-6-8-21(15-20)23(13-4-5-14-23)24-22(25)26-16-19-11-9-18(3)10-12-19/h4-9,11-12,15,17-18H,10,13-14,16H2,1-3H3,(H,24,25). The van der Waals surface area contributed by atoms with Crippen molar-refractivity contribution in [2.75, 3.05) is 6.61 Å². The van der Waals surface area contributed by atoms with E-state index in [2.05, 4.69) is 80.7 Å². The maximum absolute atomic E-state index is 12.5. The Morgan fingerprint density at radius 3 is 2.73 bits per heavy atom. The molecule has 3 nitrogen and oxygen atoms in total. The lowest BCUT2D eigenvalue weighted by atomic mass is 9.85. The summed E-state index contributed by atoms with van der Waals surface area (Å²) < 4.78 is 5.51. The van der Waals surface area contributed by atoms with Crippen LogP contribution in [-0.2, 0) is 10.3 Å². The van der Waals surface area contributed by atoms with E-state index in [1.807, 2.05) is 0 Å². The van der Waals surface area contributed by atoms with Crippen LogP contribution >= 0.6 is 0 Å². The van der Waals surface area contributed by atoms with Crippen molar-refractivity contribution >= 4 is 6.09 Å². The summed E-state index contributed by atoms with van der Waals surface area (Å²) >= 11 is 0. The highest BCUT2D eigenvalue weighted by atomic mass is 16.5. The average molecular weight is 351 g/mol. The van der Waals surface area contributed by atoms with Crippen LogP contribution in [0.25, 0.3) is 0 Å². The first-order chi connectivity index (χ1) is 12.5. The summed E-state index contributed by atoms with van der Waals surface area (Å²) in [6.45, 7) is 6.88. The third kappa shape index (κ3) is 4.27. The smallest absolute Gasteiger partial charge is 0.408 e. The Labute approximate surface area is 156 Å². The van der Waals surface area contributed by atoms with Crippen LogP contribution in [0.2, 0.25) is 0 Å². The van der Waals surface area contributed by atoms with Crippen LogP contribution < -0.4 is 5.32 Å². The Morgan fingerprint density at radius 2 is 2.08 bits per heavy atom. The Morgan fingerprint density at radius 1 is 1.31 bits per heavy atom. The van der Waals surface area contributed by atoms with Crippen LogP contribution in [0, 0.1) is 5.92 Å². The lowest BCUT2D eigenvalue weighted by Crippen LogP contribution is -2.44. The second kappa shape index (κ2) is 7.94. The monoisotopic (exact) mass is 351 g/mol. The minimum absolute atomic E-state index is 0.324. The van der Waals surface area contributed by atoms with E-state index in [0.717, 1.165) is 30.4 Å². The van der Waals surface area contributed by atoms with Gasteiger partial charge in [0.25, 0.3) is 0 Å². The molecule has 1 amide bonds. The molecular weight excluding hydrogens is 322 g/mol. The van der Waals surface area contributed by atoms with E-state index >= 15 is 0 Å². The molecule has 1 atom stereocenters. The molecule has 0 aromatic heterocycles. The van der Waals surface area contributed by atoms with Gasteiger partial charge in [0.2, 0.25) is 0 Å². The molecule has 3 heteroatoms. The number of nitrogens with one attached hydrogen (secondary N) is 1. The number of alkyl carbamates (subject to hydrolysis) is 1. The SMILES string of the molecule is CC1C=CC(COC(=O)NC2(c3cccc(C(C)C)c3)CC=CC2)=CC1. The van der Waals surface area contributed by atoms with Crippen molar-refractivity contribution in [2.24, 2.45) is 5.92 Å². The Balaban J connectivity index is 1.67. The highest BCUT2D eigenvalue weighted by Gasteiger charge is 2.35. The van der Waals surface area contributed by atoms with Crippen molar-refractivity contribution in [3.8, 4) is 0 Å². The summed E-state index contributed by atoms with van der Waals surface area (Å²) in [4.78, 5) is 12.5. The van der Waals surface area contributed by atoms with Crippen LogP contribution in [0.4, 0.5) is 4.79 Å². The summed E-state index contributed by atoms with van der Waals surface area (Å²) in [6, 6.07) is 8.54. The predicted octanol–water partition coefficient (Wildman–Crippen LogP) is 5.60. The lowest BCUT2D eigenvalue weighted by molar-refractivity contribution is 0.142. The van der Waals surface area contributed by atoms with E-state index in [9.17, 15) is 4.79 Å². The number of hydrogen-bond donors (Lipinski definition) is 1. The van der Waals surface area contributed by atoms with Crippen molar-refractivity contribution in [2.45, 2.75) is 51.5 Å². The molecule has 1 unspecified atom stereocenters. The van der Waals surface area contributed by atoms with Crippen molar-refractivity contribution in [3.63, 3.8) is 0 Å². The Hall–Kier alpha value is -2.29. The molecule has 2 aliphatic carbocycles. The van der Waals surface area contributed by atoms with Crippen molar-refractivity contribution in [1.82, 2.24) is 5.32 Å². The number of allylic oxidation sites excluding steroid dienone is 2. The van der Waals surface area contributed by atoms with Gasteiger partial charge in [-0.1, -0.05) is 75.4 Å². The van der Waals surface area contributed by atoms with Gasteiger partial charge in [-0.3, -0.25) is 0 Å². The Kier molecular flexibility index (Phi) is 5.65. The summed E-state index contributed by atoms with van der Waals surface area (Å²) in [6.07, 6.45) is 12.9. The maximum atomic E-state index is 12.5.